The molecule has 0 heterocycles. The fourth-order valence-corrected chi connectivity index (χ4v) is 5.49. The van der Waals surface area contributed by atoms with Crippen molar-refractivity contribution in [2.45, 2.75) is 0 Å². The fourth-order valence-electron chi connectivity index (χ4n) is 5.49. The van der Waals surface area contributed by atoms with Gasteiger partial charge in [-0.3, -0.25) is 29.8 Å². The normalized spacial score (nSPS) is 12.1. The lowest BCUT2D eigenvalue weighted by Crippen LogP contribution is -2.21. The molecule has 1 aliphatic carbocycles. The second-order valence-electron chi connectivity index (χ2n) is 10.4. The number of nitrogens with zero attached hydrogens (tertiary/aromatic N) is 2. The largest absolute Gasteiger partial charge is 0.355 e. The van der Waals surface area contributed by atoms with E-state index in [2.05, 4.69) is 10.6 Å². The Morgan fingerprint density at radius 1 is 0.409 bits per heavy atom. The van der Waals surface area contributed by atoms with Gasteiger partial charge in [0.05, 0.1) is 9.85 Å². The van der Waals surface area contributed by atoms with Gasteiger partial charge < -0.3 is 10.6 Å². The van der Waals surface area contributed by atoms with Crippen molar-refractivity contribution in [2.75, 3.05) is 10.6 Å². The van der Waals surface area contributed by atoms with E-state index in [0.29, 0.717) is 33.6 Å². The number of ketones is 2. The molecule has 212 valence electrons. The van der Waals surface area contributed by atoms with Gasteiger partial charge in [-0.25, -0.2) is 0 Å². The van der Waals surface area contributed by atoms with Crippen molar-refractivity contribution in [3.8, 4) is 0 Å². The Balaban J connectivity index is 1.13. The van der Waals surface area contributed by atoms with Crippen LogP contribution in [0.1, 0.15) is 31.8 Å². The van der Waals surface area contributed by atoms with E-state index >= 15 is 0 Å². The topological polar surface area (TPSA) is 144 Å². The number of non-ortho nitro benzene ring substituents is 2. The lowest BCUT2D eigenvalue weighted by Gasteiger charge is -2.20. The van der Waals surface area contributed by atoms with Gasteiger partial charge in [-0.2, -0.15) is 0 Å². The van der Waals surface area contributed by atoms with Crippen LogP contribution in [0, 0.1) is 20.2 Å². The summed E-state index contributed by atoms with van der Waals surface area (Å²) in [6.45, 7) is 0. The van der Waals surface area contributed by atoms with E-state index in [1.165, 1.54) is 24.3 Å². The zero-order valence-corrected chi connectivity index (χ0v) is 22.7. The maximum Gasteiger partial charge on any atom is 0.270 e. The van der Waals surface area contributed by atoms with E-state index in [1.54, 1.807) is 72.8 Å². The van der Waals surface area contributed by atoms with Crippen molar-refractivity contribution in [3.05, 3.63) is 152 Å². The highest BCUT2D eigenvalue weighted by Crippen LogP contribution is 2.34. The molecule has 7 rings (SSSR count). The molecule has 0 saturated heterocycles. The highest BCUT2D eigenvalue weighted by Gasteiger charge is 2.30. The summed E-state index contributed by atoms with van der Waals surface area (Å²) in [6.07, 6.45) is 0. The van der Waals surface area contributed by atoms with Gasteiger partial charge in [-0.05, 0) is 94.3 Å². The van der Waals surface area contributed by atoms with Gasteiger partial charge in [0, 0.05) is 69.3 Å². The maximum atomic E-state index is 13.5. The summed E-state index contributed by atoms with van der Waals surface area (Å²) < 4.78 is 0. The van der Waals surface area contributed by atoms with Crippen molar-refractivity contribution in [1.82, 2.24) is 0 Å². The number of anilines is 4. The van der Waals surface area contributed by atoms with Crippen LogP contribution in [-0.4, -0.2) is 21.4 Å². The first kappa shape index (κ1) is 26.5. The monoisotopic (exact) mass is 580 g/mol. The van der Waals surface area contributed by atoms with Crippen molar-refractivity contribution >= 4 is 67.2 Å². The van der Waals surface area contributed by atoms with Gasteiger partial charge in [0.1, 0.15) is 0 Å². The second-order valence-corrected chi connectivity index (χ2v) is 10.4. The maximum absolute atomic E-state index is 13.5. The standard InChI is InChI=1S/C34H20N4O6/c39-33-30-12-8-26(36-24-6-2-22-16-28(38(43)44)10-4-20(22)14-24)18-32(30)34(40)29-11-7-25(17-31(29)33)35-23-5-1-21-15-27(37(41)42)9-3-19(21)13-23/h1-18,35-36H. The molecule has 0 unspecified atom stereocenters. The van der Waals surface area contributed by atoms with Crippen LogP contribution in [-0.2, 0) is 0 Å². The average molecular weight is 581 g/mol. The first-order valence-electron chi connectivity index (χ1n) is 13.5. The molecule has 2 N–H and O–H groups in total. The summed E-state index contributed by atoms with van der Waals surface area (Å²) in [5.41, 5.74) is 3.94. The summed E-state index contributed by atoms with van der Waals surface area (Å²) in [5, 5.41) is 31.8. The van der Waals surface area contributed by atoms with Gasteiger partial charge in [-0.1, -0.05) is 12.1 Å². The summed E-state index contributed by atoms with van der Waals surface area (Å²) in [7, 11) is 0. The highest BCUT2D eigenvalue weighted by atomic mass is 16.6. The molecule has 44 heavy (non-hydrogen) atoms. The van der Waals surface area contributed by atoms with Crippen molar-refractivity contribution in [1.29, 1.82) is 0 Å². The summed E-state index contributed by atoms with van der Waals surface area (Å²) in [4.78, 5) is 48.3. The molecule has 0 radical (unpaired) electrons. The number of rotatable bonds is 6. The van der Waals surface area contributed by atoms with Gasteiger partial charge in [-0.15, -0.1) is 0 Å². The van der Waals surface area contributed by atoms with Crippen LogP contribution in [0.2, 0.25) is 0 Å². The molecule has 0 aromatic heterocycles. The third kappa shape index (κ3) is 4.66. The Kier molecular flexibility index (Phi) is 6.10. The number of fused-ring (bicyclic) bond motifs is 4. The van der Waals surface area contributed by atoms with Gasteiger partial charge >= 0.3 is 0 Å². The first-order valence-corrected chi connectivity index (χ1v) is 13.5. The first-order chi connectivity index (χ1) is 21.2. The minimum atomic E-state index is -0.435. The van der Waals surface area contributed by atoms with Crippen LogP contribution in [0.5, 0.6) is 0 Å². The molecule has 0 aliphatic heterocycles. The molecular formula is C34H20N4O6. The van der Waals surface area contributed by atoms with Crippen LogP contribution in [0.3, 0.4) is 0 Å². The van der Waals surface area contributed by atoms with Gasteiger partial charge in [0.15, 0.2) is 11.6 Å². The number of carbonyl (C=O) groups excluding carboxylic acids is 2. The molecule has 0 amide bonds. The highest BCUT2D eigenvalue weighted by molar-refractivity contribution is 6.29. The predicted molar refractivity (Wildman–Crippen MR) is 168 cm³/mol. The van der Waals surface area contributed by atoms with E-state index in [1.807, 2.05) is 12.1 Å². The third-order valence-corrected chi connectivity index (χ3v) is 7.66. The zero-order valence-electron chi connectivity index (χ0n) is 22.7. The van der Waals surface area contributed by atoms with E-state index in [0.717, 1.165) is 32.9 Å². The molecule has 10 nitrogen and oxygen atoms in total. The summed E-state index contributed by atoms with van der Waals surface area (Å²) in [6, 6.07) is 30.2. The third-order valence-electron chi connectivity index (χ3n) is 7.66. The number of nitro groups is 2. The average Bonchev–Trinajstić information content (AvgIpc) is 3.03. The molecule has 0 atom stereocenters. The van der Waals surface area contributed by atoms with E-state index in [9.17, 15) is 29.8 Å². The van der Waals surface area contributed by atoms with Crippen LogP contribution >= 0.6 is 0 Å². The number of nitrogens with one attached hydrogen (secondary N) is 2. The Morgan fingerprint density at radius 3 is 1.16 bits per heavy atom. The van der Waals surface area contributed by atoms with Crippen molar-refractivity contribution < 1.29 is 19.4 Å². The van der Waals surface area contributed by atoms with E-state index < -0.39 is 9.85 Å². The van der Waals surface area contributed by atoms with Crippen LogP contribution in [0.4, 0.5) is 34.1 Å². The quantitative estimate of drug-likeness (QED) is 0.148. The fraction of sp³-hybridized carbons (Fsp3) is 0. The minimum Gasteiger partial charge on any atom is -0.355 e. The molecule has 1 aliphatic rings. The van der Waals surface area contributed by atoms with Gasteiger partial charge in [0.25, 0.3) is 11.4 Å². The number of nitro benzene ring substituents is 2. The van der Waals surface area contributed by atoms with Crippen LogP contribution < -0.4 is 10.6 Å². The van der Waals surface area contributed by atoms with Crippen molar-refractivity contribution in [3.63, 3.8) is 0 Å². The van der Waals surface area contributed by atoms with E-state index in [4.69, 9.17) is 0 Å². The van der Waals surface area contributed by atoms with Gasteiger partial charge in [0.2, 0.25) is 0 Å². The Morgan fingerprint density at radius 2 is 0.750 bits per heavy atom. The zero-order chi connectivity index (χ0) is 30.5. The lowest BCUT2D eigenvalue weighted by atomic mass is 9.83. The Hall–Kier alpha value is -6.42. The number of carbonyl (C=O) groups is 2. The number of hydrogen-bond acceptors (Lipinski definition) is 8. The Bertz CT molecular complexity index is 2090. The van der Waals surface area contributed by atoms with E-state index in [-0.39, 0.29) is 22.9 Å². The van der Waals surface area contributed by atoms with Crippen LogP contribution in [0.25, 0.3) is 21.5 Å². The second kappa shape index (κ2) is 10.1. The lowest BCUT2D eigenvalue weighted by molar-refractivity contribution is -0.384. The number of hydrogen-bond donors (Lipinski definition) is 2. The number of benzene rings is 6. The molecule has 6 aromatic carbocycles. The molecule has 0 bridgehead atoms. The molecule has 0 spiro atoms. The summed E-state index contributed by atoms with van der Waals surface area (Å²) in [5.74, 6) is -0.522. The Labute approximate surface area is 248 Å². The van der Waals surface area contributed by atoms with Crippen molar-refractivity contribution in [2.24, 2.45) is 0 Å². The summed E-state index contributed by atoms with van der Waals surface area (Å²) >= 11 is 0. The SMILES string of the molecule is O=C1c2ccc(Nc3ccc4cc([N+](=O)[O-])ccc4c3)cc2C(=O)c2ccc(Nc3ccc4cc([N+](=O)[O-])ccc4c3)cc21. The molecule has 0 saturated carbocycles. The molecular weight excluding hydrogens is 560 g/mol. The molecule has 6 aromatic rings. The predicted octanol–water partition coefficient (Wildman–Crippen LogP) is 8.07. The molecule has 10 heteroatoms. The van der Waals surface area contributed by atoms with Crippen LogP contribution in [0.15, 0.2) is 109 Å². The minimum absolute atomic E-state index is 0.0167. The smallest absolute Gasteiger partial charge is 0.270 e. The molecule has 0 fully saturated rings.